The summed E-state index contributed by atoms with van der Waals surface area (Å²) in [4.78, 5) is 31.0. The van der Waals surface area contributed by atoms with Crippen LogP contribution in [0.2, 0.25) is 0 Å². The molecule has 0 radical (unpaired) electrons. The van der Waals surface area contributed by atoms with E-state index in [1.54, 1.807) is 0 Å². The monoisotopic (exact) mass is 347 g/mol. The minimum Gasteiger partial charge on any atom is -0.494 e. The highest BCUT2D eigenvalue weighted by Gasteiger charge is 2.61. The molecule has 2 saturated carbocycles. The summed E-state index contributed by atoms with van der Waals surface area (Å²) in [6.45, 7) is 9.31. The maximum absolute atomic E-state index is 12.1. The average Bonchev–Trinajstić information content (AvgIpc) is 2.87. The van der Waals surface area contributed by atoms with Gasteiger partial charge in [-0.2, -0.15) is 0 Å². The van der Waals surface area contributed by atoms with Crippen LogP contribution in [0.15, 0.2) is 14.6 Å². The Morgan fingerprint density at radius 2 is 2.08 bits per heavy atom. The molecule has 138 valence electrons. The van der Waals surface area contributed by atoms with Gasteiger partial charge in [-0.15, -0.1) is 0 Å². The molecule has 0 aromatic carbocycles. The first-order valence-electron chi connectivity index (χ1n) is 9.31. The van der Waals surface area contributed by atoms with E-state index in [0.717, 1.165) is 25.7 Å². The summed E-state index contributed by atoms with van der Waals surface area (Å²) in [5, 5.41) is 10.4. The van der Waals surface area contributed by atoms with Crippen LogP contribution in [-0.2, 0) is 6.54 Å². The Morgan fingerprint density at radius 1 is 1.36 bits per heavy atom. The molecule has 0 aliphatic heterocycles. The first kappa shape index (κ1) is 18.0. The molecular formula is C19H29N3O3. The van der Waals surface area contributed by atoms with Crippen molar-refractivity contribution in [1.29, 1.82) is 0 Å². The number of unbranched alkanes of at least 4 members (excludes halogenated alkanes) is 1. The summed E-state index contributed by atoms with van der Waals surface area (Å²) in [5.41, 5.74) is -0.705. The van der Waals surface area contributed by atoms with Crippen molar-refractivity contribution < 1.29 is 5.11 Å². The maximum Gasteiger partial charge on any atom is 0.331 e. The van der Waals surface area contributed by atoms with Crippen LogP contribution in [0, 0.1) is 16.7 Å². The molecule has 6 heteroatoms. The molecule has 1 heterocycles. The highest BCUT2D eigenvalue weighted by Crippen LogP contribution is 2.66. The fourth-order valence-electron chi connectivity index (χ4n) is 4.77. The van der Waals surface area contributed by atoms with Crippen molar-refractivity contribution in [2.24, 2.45) is 21.7 Å². The van der Waals surface area contributed by atoms with Crippen molar-refractivity contribution in [2.75, 3.05) is 0 Å². The number of aromatic hydroxyl groups is 1. The van der Waals surface area contributed by atoms with Crippen molar-refractivity contribution in [3.8, 4) is 5.88 Å². The topological polar surface area (TPSA) is 87.4 Å². The molecule has 1 aromatic heterocycles. The third-order valence-corrected chi connectivity index (χ3v) is 7.07. The van der Waals surface area contributed by atoms with Gasteiger partial charge in [0, 0.05) is 12.8 Å². The second-order valence-corrected chi connectivity index (χ2v) is 8.41. The highest BCUT2D eigenvalue weighted by atomic mass is 16.3. The molecule has 2 fully saturated rings. The van der Waals surface area contributed by atoms with Gasteiger partial charge in [-0.25, -0.2) is 4.79 Å². The standard InChI is InChI=1S/C19H29N3O3/c1-5-6-9-22-16(24)13(15(23)21-17(22)25)11-20-14-10-12-7-8-19(14,4)18(12,2)3/h11-12,14,24H,5-10H2,1-4H3,(H,21,23,25)/t12-,14-,19-/m0/s1. The van der Waals surface area contributed by atoms with Crippen molar-refractivity contribution >= 4 is 6.21 Å². The zero-order chi connectivity index (χ0) is 18.4. The van der Waals surface area contributed by atoms with E-state index in [1.165, 1.54) is 17.2 Å². The van der Waals surface area contributed by atoms with Gasteiger partial charge < -0.3 is 5.11 Å². The third-order valence-electron chi connectivity index (χ3n) is 7.07. The lowest BCUT2D eigenvalue weighted by Crippen LogP contribution is -2.35. The zero-order valence-electron chi connectivity index (χ0n) is 15.6. The lowest BCUT2D eigenvalue weighted by Gasteiger charge is -2.37. The fraction of sp³-hybridized carbons (Fsp3) is 0.737. The molecule has 2 bridgehead atoms. The van der Waals surface area contributed by atoms with Crippen LogP contribution in [0.1, 0.15) is 65.4 Å². The fourth-order valence-corrected chi connectivity index (χ4v) is 4.77. The van der Waals surface area contributed by atoms with Gasteiger partial charge in [0.25, 0.3) is 5.56 Å². The van der Waals surface area contributed by atoms with Gasteiger partial charge >= 0.3 is 5.69 Å². The van der Waals surface area contributed by atoms with Crippen LogP contribution in [0.3, 0.4) is 0 Å². The number of nitrogens with one attached hydrogen (secondary N) is 1. The van der Waals surface area contributed by atoms with Crippen LogP contribution in [0.5, 0.6) is 5.88 Å². The van der Waals surface area contributed by atoms with E-state index >= 15 is 0 Å². The molecule has 6 nitrogen and oxygen atoms in total. The van der Waals surface area contributed by atoms with Gasteiger partial charge in [0.1, 0.15) is 5.56 Å². The molecule has 2 N–H and O–H groups in total. The first-order valence-corrected chi connectivity index (χ1v) is 9.31. The number of hydrogen-bond acceptors (Lipinski definition) is 4. The molecule has 0 spiro atoms. The average molecular weight is 347 g/mol. The molecule has 0 saturated heterocycles. The van der Waals surface area contributed by atoms with Crippen molar-refractivity contribution in [3.05, 3.63) is 26.4 Å². The number of fused-ring (bicyclic) bond motifs is 2. The number of nitrogens with zero attached hydrogens (tertiary/aromatic N) is 2. The maximum atomic E-state index is 12.1. The normalized spacial score (nSPS) is 30.4. The first-order chi connectivity index (χ1) is 11.7. The summed E-state index contributed by atoms with van der Waals surface area (Å²) in [5.74, 6) is 0.378. The number of aromatic amines is 1. The number of rotatable bonds is 5. The Labute approximate surface area is 148 Å². The minimum atomic E-state index is -0.577. The molecule has 25 heavy (non-hydrogen) atoms. The van der Waals surface area contributed by atoms with Gasteiger partial charge in [0.2, 0.25) is 5.88 Å². The summed E-state index contributed by atoms with van der Waals surface area (Å²) >= 11 is 0. The largest absolute Gasteiger partial charge is 0.494 e. The molecule has 1 aromatic rings. The van der Waals surface area contributed by atoms with E-state index in [0.29, 0.717) is 12.5 Å². The molecule has 0 unspecified atom stereocenters. The van der Waals surface area contributed by atoms with E-state index in [4.69, 9.17) is 4.99 Å². The Hall–Kier alpha value is -1.85. The van der Waals surface area contributed by atoms with E-state index < -0.39 is 11.2 Å². The number of aliphatic imine (C=N–C) groups is 1. The zero-order valence-corrected chi connectivity index (χ0v) is 15.6. The van der Waals surface area contributed by atoms with Crippen molar-refractivity contribution in [2.45, 2.75) is 72.4 Å². The Bertz CT molecular complexity index is 805. The summed E-state index contributed by atoms with van der Waals surface area (Å²) < 4.78 is 1.22. The van der Waals surface area contributed by atoms with Gasteiger partial charge in [-0.1, -0.05) is 34.1 Å². The van der Waals surface area contributed by atoms with Crippen LogP contribution in [0.25, 0.3) is 0 Å². The van der Waals surface area contributed by atoms with Crippen molar-refractivity contribution in [3.63, 3.8) is 0 Å². The van der Waals surface area contributed by atoms with Crippen LogP contribution in [-0.4, -0.2) is 26.9 Å². The predicted octanol–water partition coefficient (Wildman–Crippen LogP) is 2.68. The third kappa shape index (κ3) is 2.66. The smallest absolute Gasteiger partial charge is 0.331 e. The molecule has 3 atom stereocenters. The predicted molar refractivity (Wildman–Crippen MR) is 98.5 cm³/mol. The van der Waals surface area contributed by atoms with Gasteiger partial charge in [-0.05, 0) is 42.4 Å². The Kier molecular flexibility index (Phi) is 4.41. The number of hydrogen-bond donors (Lipinski definition) is 2. The van der Waals surface area contributed by atoms with E-state index in [1.807, 2.05) is 6.92 Å². The molecule has 3 rings (SSSR count). The molecule has 2 aliphatic rings. The van der Waals surface area contributed by atoms with Crippen LogP contribution < -0.4 is 11.2 Å². The molecular weight excluding hydrogens is 318 g/mol. The SMILES string of the molecule is CCCCn1c(O)c(C=N[C@H]2C[C@@H]3CC[C@]2(C)C3(C)C)c(=O)[nH]c1=O. The highest BCUT2D eigenvalue weighted by molar-refractivity contribution is 5.82. The van der Waals surface area contributed by atoms with Crippen molar-refractivity contribution in [1.82, 2.24) is 9.55 Å². The van der Waals surface area contributed by atoms with Gasteiger partial charge in [0.15, 0.2) is 0 Å². The van der Waals surface area contributed by atoms with Gasteiger partial charge in [0.05, 0.1) is 6.04 Å². The quantitative estimate of drug-likeness (QED) is 0.803. The second-order valence-electron chi connectivity index (χ2n) is 8.41. The summed E-state index contributed by atoms with van der Waals surface area (Å²) in [7, 11) is 0. The van der Waals surface area contributed by atoms with E-state index in [-0.39, 0.29) is 28.3 Å². The van der Waals surface area contributed by atoms with Crippen LogP contribution in [0.4, 0.5) is 0 Å². The molecule has 2 aliphatic carbocycles. The van der Waals surface area contributed by atoms with Gasteiger partial charge in [-0.3, -0.25) is 19.3 Å². The lowest BCUT2D eigenvalue weighted by molar-refractivity contribution is 0.137. The summed E-state index contributed by atoms with van der Waals surface area (Å²) in [6, 6.07) is 0.149. The minimum absolute atomic E-state index is 0.0832. The lowest BCUT2D eigenvalue weighted by atomic mass is 9.69. The van der Waals surface area contributed by atoms with E-state index in [2.05, 4.69) is 25.8 Å². The Balaban J connectivity index is 1.93. The number of aromatic nitrogens is 2. The second kappa shape index (κ2) is 6.15. The van der Waals surface area contributed by atoms with Crippen LogP contribution >= 0.6 is 0 Å². The molecule has 0 amide bonds. The summed E-state index contributed by atoms with van der Waals surface area (Å²) in [6.07, 6.45) is 6.53. The number of H-pyrrole nitrogens is 1. The Morgan fingerprint density at radius 3 is 2.64 bits per heavy atom. The van der Waals surface area contributed by atoms with E-state index in [9.17, 15) is 14.7 Å².